The number of aryl methyl sites for hydroxylation is 1. The first-order chi connectivity index (χ1) is 8.86. The molecule has 1 aromatic carbocycles. The van der Waals surface area contributed by atoms with Gasteiger partial charge >= 0.3 is 0 Å². The number of hydrogen-bond donors (Lipinski definition) is 2. The minimum Gasteiger partial charge on any atom is -0.494 e. The third kappa shape index (κ3) is 4.37. The predicted octanol–water partition coefficient (Wildman–Crippen LogP) is 3.25. The quantitative estimate of drug-likeness (QED) is 0.843. The normalized spacial score (nSPS) is 15.9. The van der Waals surface area contributed by atoms with Gasteiger partial charge in [0.1, 0.15) is 5.75 Å². The molecule has 0 saturated carbocycles. The first kappa shape index (κ1) is 16.3. The SMILES string of the molecule is CCOc1cc(C)c(Cl)cc1C(C)CC(O)C(C)N. The second-order valence-electron chi connectivity index (χ2n) is 5.14. The summed E-state index contributed by atoms with van der Waals surface area (Å²) in [7, 11) is 0. The van der Waals surface area contributed by atoms with Crippen LogP contribution >= 0.6 is 11.6 Å². The molecule has 108 valence electrons. The molecular weight excluding hydrogens is 262 g/mol. The fourth-order valence-electron chi connectivity index (χ4n) is 2.04. The molecule has 0 amide bonds. The van der Waals surface area contributed by atoms with Crippen molar-refractivity contribution >= 4 is 11.6 Å². The highest BCUT2D eigenvalue weighted by Crippen LogP contribution is 2.34. The van der Waals surface area contributed by atoms with Gasteiger partial charge in [0.15, 0.2) is 0 Å². The molecule has 3 N–H and O–H groups in total. The van der Waals surface area contributed by atoms with Gasteiger partial charge in [0.25, 0.3) is 0 Å². The van der Waals surface area contributed by atoms with Crippen molar-refractivity contribution in [2.24, 2.45) is 5.73 Å². The summed E-state index contributed by atoms with van der Waals surface area (Å²) >= 11 is 6.19. The highest BCUT2D eigenvalue weighted by molar-refractivity contribution is 6.31. The van der Waals surface area contributed by atoms with Crippen LogP contribution in [0.25, 0.3) is 0 Å². The van der Waals surface area contributed by atoms with Gasteiger partial charge in [-0.2, -0.15) is 0 Å². The Bertz CT molecular complexity index is 421. The van der Waals surface area contributed by atoms with Crippen LogP contribution in [0.3, 0.4) is 0 Å². The lowest BCUT2D eigenvalue weighted by Crippen LogP contribution is -2.32. The van der Waals surface area contributed by atoms with Gasteiger partial charge in [-0.1, -0.05) is 18.5 Å². The van der Waals surface area contributed by atoms with Crippen molar-refractivity contribution in [3.63, 3.8) is 0 Å². The molecule has 0 saturated heterocycles. The van der Waals surface area contributed by atoms with E-state index < -0.39 is 6.10 Å². The van der Waals surface area contributed by atoms with E-state index in [4.69, 9.17) is 22.1 Å². The summed E-state index contributed by atoms with van der Waals surface area (Å²) in [5.41, 5.74) is 7.73. The maximum atomic E-state index is 9.90. The van der Waals surface area contributed by atoms with Crippen LogP contribution in [0.1, 0.15) is 44.2 Å². The molecule has 0 aliphatic carbocycles. The van der Waals surface area contributed by atoms with Crippen molar-refractivity contribution in [3.8, 4) is 5.75 Å². The second kappa shape index (κ2) is 7.13. The lowest BCUT2D eigenvalue weighted by atomic mass is 9.91. The first-order valence-corrected chi connectivity index (χ1v) is 7.11. The molecule has 1 rings (SSSR count). The lowest BCUT2D eigenvalue weighted by molar-refractivity contribution is 0.134. The van der Waals surface area contributed by atoms with E-state index in [1.165, 1.54) is 0 Å². The van der Waals surface area contributed by atoms with E-state index in [1.54, 1.807) is 0 Å². The van der Waals surface area contributed by atoms with Gasteiger partial charge in [-0.05, 0) is 56.4 Å². The van der Waals surface area contributed by atoms with Gasteiger partial charge in [-0.3, -0.25) is 0 Å². The molecule has 4 heteroatoms. The van der Waals surface area contributed by atoms with Gasteiger partial charge < -0.3 is 15.6 Å². The minimum absolute atomic E-state index is 0.139. The number of nitrogens with two attached hydrogens (primary N) is 1. The molecular formula is C15H24ClNO2. The summed E-state index contributed by atoms with van der Waals surface area (Å²) in [4.78, 5) is 0. The largest absolute Gasteiger partial charge is 0.494 e. The lowest BCUT2D eigenvalue weighted by Gasteiger charge is -2.22. The summed E-state index contributed by atoms with van der Waals surface area (Å²) in [5, 5.41) is 10.6. The van der Waals surface area contributed by atoms with Crippen molar-refractivity contribution in [2.75, 3.05) is 6.61 Å². The minimum atomic E-state index is -0.524. The van der Waals surface area contributed by atoms with Gasteiger partial charge in [0, 0.05) is 11.1 Å². The molecule has 0 radical (unpaired) electrons. The molecule has 0 bridgehead atoms. The fraction of sp³-hybridized carbons (Fsp3) is 0.600. The van der Waals surface area contributed by atoms with E-state index in [1.807, 2.05) is 32.9 Å². The van der Waals surface area contributed by atoms with Crippen molar-refractivity contribution in [1.29, 1.82) is 0 Å². The summed E-state index contributed by atoms with van der Waals surface area (Å²) in [6.45, 7) is 8.38. The number of aliphatic hydroxyl groups is 1. The average Bonchev–Trinajstić information content (AvgIpc) is 2.33. The van der Waals surface area contributed by atoms with Crippen molar-refractivity contribution in [1.82, 2.24) is 0 Å². The smallest absolute Gasteiger partial charge is 0.123 e. The summed E-state index contributed by atoms with van der Waals surface area (Å²) in [6, 6.07) is 3.65. The summed E-state index contributed by atoms with van der Waals surface area (Å²) in [6.07, 6.45) is 0.0708. The van der Waals surface area contributed by atoms with E-state index in [2.05, 4.69) is 6.92 Å². The average molecular weight is 286 g/mol. The molecule has 1 aromatic rings. The maximum Gasteiger partial charge on any atom is 0.123 e. The predicted molar refractivity (Wildman–Crippen MR) is 80.0 cm³/mol. The van der Waals surface area contributed by atoms with Crippen LogP contribution in [-0.2, 0) is 0 Å². The number of rotatable bonds is 6. The topological polar surface area (TPSA) is 55.5 Å². The highest BCUT2D eigenvalue weighted by Gasteiger charge is 2.19. The number of aliphatic hydroxyl groups excluding tert-OH is 1. The van der Waals surface area contributed by atoms with Crippen molar-refractivity contribution < 1.29 is 9.84 Å². The molecule has 0 spiro atoms. The molecule has 0 aromatic heterocycles. The number of benzene rings is 1. The van der Waals surface area contributed by atoms with Gasteiger partial charge in [0.2, 0.25) is 0 Å². The van der Waals surface area contributed by atoms with E-state index in [0.717, 1.165) is 21.9 Å². The van der Waals surface area contributed by atoms with Crippen LogP contribution in [-0.4, -0.2) is 23.9 Å². The Morgan fingerprint density at radius 3 is 2.53 bits per heavy atom. The maximum absolute atomic E-state index is 9.90. The highest BCUT2D eigenvalue weighted by atomic mass is 35.5. The molecule has 0 aliphatic rings. The molecule has 19 heavy (non-hydrogen) atoms. The zero-order valence-electron chi connectivity index (χ0n) is 12.1. The molecule has 3 atom stereocenters. The molecule has 3 unspecified atom stereocenters. The molecule has 0 fully saturated rings. The Balaban J connectivity index is 3.00. The molecule has 3 nitrogen and oxygen atoms in total. The number of ether oxygens (including phenoxy) is 1. The third-order valence-electron chi connectivity index (χ3n) is 3.32. The zero-order valence-corrected chi connectivity index (χ0v) is 12.9. The van der Waals surface area contributed by atoms with Crippen molar-refractivity contribution in [2.45, 2.75) is 52.2 Å². The Morgan fingerprint density at radius 1 is 1.37 bits per heavy atom. The zero-order chi connectivity index (χ0) is 14.6. The molecule has 0 heterocycles. The van der Waals surface area contributed by atoms with E-state index >= 15 is 0 Å². The van der Waals surface area contributed by atoms with E-state index in [0.29, 0.717) is 13.0 Å². The van der Waals surface area contributed by atoms with Gasteiger partial charge in [-0.25, -0.2) is 0 Å². The van der Waals surface area contributed by atoms with Gasteiger partial charge in [-0.15, -0.1) is 0 Å². The van der Waals surface area contributed by atoms with Crippen LogP contribution in [0.5, 0.6) is 5.75 Å². The van der Waals surface area contributed by atoms with Crippen LogP contribution in [0.15, 0.2) is 12.1 Å². The third-order valence-corrected chi connectivity index (χ3v) is 3.73. The Kier molecular flexibility index (Phi) is 6.11. The summed E-state index contributed by atoms with van der Waals surface area (Å²) < 4.78 is 5.66. The van der Waals surface area contributed by atoms with Crippen LogP contribution < -0.4 is 10.5 Å². The van der Waals surface area contributed by atoms with Crippen molar-refractivity contribution in [3.05, 3.63) is 28.3 Å². The number of halogens is 1. The standard InChI is InChI=1S/C15H24ClNO2/c1-5-19-15-7-10(3)13(16)8-12(15)9(2)6-14(18)11(4)17/h7-9,11,14,18H,5-6,17H2,1-4H3. The Hall–Kier alpha value is -0.770. The van der Waals surface area contributed by atoms with Crippen LogP contribution in [0, 0.1) is 6.92 Å². The van der Waals surface area contributed by atoms with Crippen LogP contribution in [0.4, 0.5) is 0 Å². The van der Waals surface area contributed by atoms with E-state index in [-0.39, 0.29) is 12.0 Å². The molecule has 0 aliphatic heterocycles. The van der Waals surface area contributed by atoms with Crippen LogP contribution in [0.2, 0.25) is 5.02 Å². The summed E-state index contributed by atoms with van der Waals surface area (Å²) in [5.74, 6) is 0.981. The van der Waals surface area contributed by atoms with Gasteiger partial charge in [0.05, 0.1) is 12.7 Å². The van der Waals surface area contributed by atoms with E-state index in [9.17, 15) is 5.11 Å². The second-order valence-corrected chi connectivity index (χ2v) is 5.54. The Labute approximate surface area is 120 Å². The number of hydrogen-bond acceptors (Lipinski definition) is 3. The fourth-order valence-corrected chi connectivity index (χ4v) is 2.21. The Morgan fingerprint density at radius 2 is 2.00 bits per heavy atom. The monoisotopic (exact) mass is 285 g/mol. The first-order valence-electron chi connectivity index (χ1n) is 6.73.